The molecule has 6 nitrogen and oxygen atoms in total. The van der Waals surface area contributed by atoms with E-state index >= 15 is 0 Å². The van der Waals surface area contributed by atoms with Crippen LogP contribution in [0.4, 0.5) is 0 Å². The molecule has 2 aromatic heterocycles. The van der Waals surface area contributed by atoms with Crippen molar-refractivity contribution in [1.29, 1.82) is 0 Å². The molecule has 0 bridgehead atoms. The number of likely N-dealkylation sites (N-methyl/N-ethyl adjacent to an activating group) is 1. The molecule has 0 amide bonds. The molecule has 2 aromatic rings. The fourth-order valence-corrected chi connectivity index (χ4v) is 3.05. The molecule has 0 aliphatic carbocycles. The molecule has 0 saturated carbocycles. The van der Waals surface area contributed by atoms with E-state index in [2.05, 4.69) is 22.0 Å². The van der Waals surface area contributed by atoms with Crippen LogP contribution < -0.4 is 0 Å². The zero-order valence-electron chi connectivity index (χ0n) is 11.5. The van der Waals surface area contributed by atoms with Crippen LogP contribution in [0.2, 0.25) is 0 Å². The topological polar surface area (TPSA) is 70.7 Å². The molecule has 0 aromatic carbocycles. The van der Waals surface area contributed by atoms with Gasteiger partial charge < -0.3 is 10.0 Å². The molecule has 6 heteroatoms. The fraction of sp³-hybridized carbons (Fsp3) is 0.500. The summed E-state index contributed by atoms with van der Waals surface area (Å²) in [5.74, 6) is -0.209. The van der Waals surface area contributed by atoms with Crippen LogP contribution in [-0.4, -0.2) is 49.7 Å². The van der Waals surface area contributed by atoms with Crippen molar-refractivity contribution in [2.75, 3.05) is 13.1 Å². The number of likely N-dealkylation sites (tertiary alicyclic amines) is 1. The van der Waals surface area contributed by atoms with E-state index in [0.29, 0.717) is 11.7 Å². The van der Waals surface area contributed by atoms with E-state index in [1.165, 1.54) is 6.42 Å². The van der Waals surface area contributed by atoms with Gasteiger partial charge in [-0.3, -0.25) is 4.40 Å². The summed E-state index contributed by atoms with van der Waals surface area (Å²) in [5.41, 5.74) is 0.824. The van der Waals surface area contributed by atoms with E-state index in [9.17, 15) is 9.90 Å². The minimum atomic E-state index is -0.949. The van der Waals surface area contributed by atoms with Crippen molar-refractivity contribution < 1.29 is 9.90 Å². The van der Waals surface area contributed by atoms with E-state index in [0.717, 1.165) is 31.8 Å². The minimum Gasteiger partial charge on any atom is -0.477 e. The number of pyridine rings is 1. The van der Waals surface area contributed by atoms with Crippen molar-refractivity contribution in [1.82, 2.24) is 19.5 Å². The van der Waals surface area contributed by atoms with Gasteiger partial charge in [0.2, 0.25) is 0 Å². The largest absolute Gasteiger partial charge is 0.477 e. The molecule has 106 valence electrons. The summed E-state index contributed by atoms with van der Waals surface area (Å²) in [4.78, 5) is 13.8. The average Bonchev–Trinajstić information content (AvgIpc) is 3.06. The van der Waals surface area contributed by atoms with Crippen molar-refractivity contribution in [2.45, 2.75) is 32.2 Å². The van der Waals surface area contributed by atoms with Crippen LogP contribution in [-0.2, 0) is 6.42 Å². The smallest absolute Gasteiger partial charge is 0.352 e. The number of fused-ring (bicyclic) bond motifs is 1. The Morgan fingerprint density at radius 3 is 3.05 bits per heavy atom. The molecule has 0 spiro atoms. The van der Waals surface area contributed by atoms with Crippen molar-refractivity contribution in [3.8, 4) is 0 Å². The molecule has 1 saturated heterocycles. The lowest BCUT2D eigenvalue weighted by Crippen LogP contribution is -2.31. The molecule has 1 N–H and O–H groups in total. The first-order chi connectivity index (χ1) is 9.70. The molecule has 3 heterocycles. The van der Waals surface area contributed by atoms with E-state index in [1.54, 1.807) is 22.6 Å². The molecule has 1 atom stereocenters. The number of aromatic carboxylic acids is 1. The Hall–Kier alpha value is -1.95. The summed E-state index contributed by atoms with van der Waals surface area (Å²) < 4.78 is 1.66. The molecule has 20 heavy (non-hydrogen) atoms. The summed E-state index contributed by atoms with van der Waals surface area (Å²) in [6.07, 6.45) is 3.08. The van der Waals surface area contributed by atoms with Gasteiger partial charge >= 0.3 is 5.97 Å². The van der Waals surface area contributed by atoms with Crippen LogP contribution in [0.25, 0.3) is 5.65 Å². The van der Waals surface area contributed by atoms with Crippen molar-refractivity contribution >= 4 is 11.6 Å². The van der Waals surface area contributed by atoms with Crippen LogP contribution >= 0.6 is 0 Å². The maximum atomic E-state index is 11.3. The highest BCUT2D eigenvalue weighted by atomic mass is 16.4. The van der Waals surface area contributed by atoms with E-state index < -0.39 is 5.97 Å². The zero-order valence-corrected chi connectivity index (χ0v) is 11.5. The van der Waals surface area contributed by atoms with Gasteiger partial charge in [-0.15, -0.1) is 10.2 Å². The standard InChI is InChI=1S/C14H18N4O2/c1-2-17-8-4-5-10(17)9-13-16-15-12-7-3-6-11(14(19)20)18(12)13/h3,6-7,10H,2,4-5,8-9H2,1H3,(H,19,20). The fourth-order valence-electron chi connectivity index (χ4n) is 3.05. The van der Waals surface area contributed by atoms with E-state index in [-0.39, 0.29) is 5.69 Å². The summed E-state index contributed by atoms with van der Waals surface area (Å²) in [6, 6.07) is 5.52. The van der Waals surface area contributed by atoms with Gasteiger partial charge in [-0.1, -0.05) is 13.0 Å². The van der Waals surface area contributed by atoms with Gasteiger partial charge in [0.1, 0.15) is 11.5 Å². The number of carboxylic acids is 1. The summed E-state index contributed by atoms with van der Waals surface area (Å²) in [6.45, 7) is 4.29. The normalized spacial score (nSPS) is 19.8. The Balaban J connectivity index is 1.97. The predicted molar refractivity (Wildman–Crippen MR) is 73.9 cm³/mol. The Morgan fingerprint density at radius 2 is 2.30 bits per heavy atom. The van der Waals surface area contributed by atoms with Gasteiger partial charge in [-0.05, 0) is 38.1 Å². The second-order valence-electron chi connectivity index (χ2n) is 5.15. The quantitative estimate of drug-likeness (QED) is 0.913. The molecule has 0 radical (unpaired) electrons. The number of carboxylic acid groups (broad SMARTS) is 1. The third-order valence-corrected chi connectivity index (χ3v) is 4.04. The molecule has 1 aliphatic heterocycles. The number of hydrogen-bond acceptors (Lipinski definition) is 4. The summed E-state index contributed by atoms with van der Waals surface area (Å²) in [7, 11) is 0. The monoisotopic (exact) mass is 274 g/mol. The number of carbonyl (C=O) groups is 1. The van der Waals surface area contributed by atoms with Crippen LogP contribution in [0.15, 0.2) is 18.2 Å². The third kappa shape index (κ3) is 2.16. The SMILES string of the molecule is CCN1CCCC1Cc1nnc2cccc(C(=O)O)n12. The average molecular weight is 274 g/mol. The van der Waals surface area contributed by atoms with Gasteiger partial charge in [0, 0.05) is 12.5 Å². The molecule has 1 aliphatic rings. The number of hydrogen-bond donors (Lipinski definition) is 1. The highest BCUT2D eigenvalue weighted by Gasteiger charge is 2.25. The zero-order chi connectivity index (χ0) is 14.1. The molecule has 1 fully saturated rings. The van der Waals surface area contributed by atoms with Gasteiger partial charge in [0.15, 0.2) is 5.65 Å². The number of rotatable bonds is 4. The first kappa shape index (κ1) is 13.1. The molecule has 3 rings (SSSR count). The van der Waals surface area contributed by atoms with E-state index in [1.807, 2.05) is 0 Å². The van der Waals surface area contributed by atoms with Crippen LogP contribution in [0.5, 0.6) is 0 Å². The van der Waals surface area contributed by atoms with Crippen molar-refractivity contribution in [2.24, 2.45) is 0 Å². The Morgan fingerprint density at radius 1 is 1.45 bits per heavy atom. The Kier molecular flexibility index (Phi) is 3.40. The summed E-state index contributed by atoms with van der Waals surface area (Å²) in [5, 5.41) is 17.6. The van der Waals surface area contributed by atoms with Gasteiger partial charge in [0.05, 0.1) is 0 Å². The third-order valence-electron chi connectivity index (χ3n) is 4.04. The second-order valence-corrected chi connectivity index (χ2v) is 5.15. The van der Waals surface area contributed by atoms with Gasteiger partial charge in [-0.2, -0.15) is 0 Å². The number of nitrogens with zero attached hydrogens (tertiary/aromatic N) is 4. The van der Waals surface area contributed by atoms with Crippen LogP contribution in [0, 0.1) is 0 Å². The maximum absolute atomic E-state index is 11.3. The molecule has 1 unspecified atom stereocenters. The minimum absolute atomic E-state index is 0.226. The lowest BCUT2D eigenvalue weighted by molar-refractivity contribution is 0.0688. The Bertz CT molecular complexity index is 637. The highest BCUT2D eigenvalue weighted by Crippen LogP contribution is 2.21. The van der Waals surface area contributed by atoms with E-state index in [4.69, 9.17) is 0 Å². The molecular weight excluding hydrogens is 256 g/mol. The molecular formula is C14H18N4O2. The lowest BCUT2D eigenvalue weighted by Gasteiger charge is -2.21. The first-order valence-electron chi connectivity index (χ1n) is 7.01. The van der Waals surface area contributed by atoms with Gasteiger partial charge in [-0.25, -0.2) is 4.79 Å². The lowest BCUT2D eigenvalue weighted by atomic mass is 10.1. The first-order valence-corrected chi connectivity index (χ1v) is 7.01. The van der Waals surface area contributed by atoms with Crippen LogP contribution in [0.3, 0.4) is 0 Å². The summed E-state index contributed by atoms with van der Waals surface area (Å²) >= 11 is 0. The predicted octanol–water partition coefficient (Wildman–Crippen LogP) is 1.45. The Labute approximate surface area is 117 Å². The van der Waals surface area contributed by atoms with Crippen LogP contribution in [0.1, 0.15) is 36.1 Å². The second kappa shape index (κ2) is 5.20. The van der Waals surface area contributed by atoms with Crippen molar-refractivity contribution in [3.05, 3.63) is 29.7 Å². The highest BCUT2D eigenvalue weighted by molar-refractivity contribution is 5.86. The van der Waals surface area contributed by atoms with Gasteiger partial charge in [0.25, 0.3) is 0 Å². The van der Waals surface area contributed by atoms with Crippen molar-refractivity contribution in [3.63, 3.8) is 0 Å². The maximum Gasteiger partial charge on any atom is 0.352 e. The number of aromatic nitrogens is 3.